The summed E-state index contributed by atoms with van der Waals surface area (Å²) in [5.74, 6) is -0.159. The highest BCUT2D eigenvalue weighted by atomic mass is 19.1. The Morgan fingerprint density at radius 1 is 1.12 bits per heavy atom. The standard InChI is InChI=1S/C24H27FN4O3/c1-12-19(22(31)27-18-5-4-17(25)11-26-18)13(2)29(3)20(12)21(30)23(32)28-24-9-14-6-15(10-24)8-16(24)7-14/h4-5,11,14-16H,6-10H2,1-3H3,(H,28,32)(H,26,27,31)/t14-,15+,16?,24?. The highest BCUT2D eigenvalue weighted by molar-refractivity contribution is 6.43. The third kappa shape index (κ3) is 3.15. The van der Waals surface area contributed by atoms with E-state index < -0.39 is 23.4 Å². The van der Waals surface area contributed by atoms with Crippen molar-refractivity contribution in [3.05, 3.63) is 46.7 Å². The van der Waals surface area contributed by atoms with E-state index in [1.54, 1.807) is 25.5 Å². The summed E-state index contributed by atoms with van der Waals surface area (Å²) in [6.07, 6.45) is 6.50. The second kappa shape index (κ2) is 7.25. The first-order valence-corrected chi connectivity index (χ1v) is 11.1. The Morgan fingerprint density at radius 2 is 1.81 bits per heavy atom. The number of rotatable bonds is 5. The van der Waals surface area contributed by atoms with Crippen molar-refractivity contribution in [1.29, 1.82) is 0 Å². The predicted molar refractivity (Wildman–Crippen MR) is 116 cm³/mol. The zero-order chi connectivity index (χ0) is 22.8. The molecule has 2 unspecified atom stereocenters. The molecule has 7 nitrogen and oxygen atoms in total. The van der Waals surface area contributed by atoms with Crippen molar-refractivity contribution < 1.29 is 18.8 Å². The highest BCUT2D eigenvalue weighted by Gasteiger charge is 2.58. The predicted octanol–water partition coefficient (Wildman–Crippen LogP) is 3.31. The van der Waals surface area contributed by atoms with Crippen LogP contribution in [0.15, 0.2) is 18.3 Å². The Bertz CT molecular complexity index is 1120. The zero-order valence-corrected chi connectivity index (χ0v) is 18.5. The van der Waals surface area contributed by atoms with Gasteiger partial charge < -0.3 is 15.2 Å². The molecule has 4 fully saturated rings. The number of ketones is 1. The largest absolute Gasteiger partial charge is 0.344 e. The lowest BCUT2D eigenvalue weighted by Gasteiger charge is -2.33. The van der Waals surface area contributed by atoms with Crippen LogP contribution in [0.3, 0.4) is 0 Å². The van der Waals surface area contributed by atoms with Crippen LogP contribution in [0.4, 0.5) is 10.2 Å². The fourth-order valence-corrected chi connectivity index (χ4v) is 6.65. The smallest absolute Gasteiger partial charge is 0.294 e. The van der Waals surface area contributed by atoms with Gasteiger partial charge in [-0.1, -0.05) is 0 Å². The highest BCUT2D eigenvalue weighted by Crippen LogP contribution is 2.60. The molecule has 2 aromatic rings. The monoisotopic (exact) mass is 438 g/mol. The number of pyridine rings is 1. The van der Waals surface area contributed by atoms with E-state index in [1.165, 1.54) is 18.6 Å². The molecule has 2 heterocycles. The van der Waals surface area contributed by atoms with E-state index in [4.69, 9.17) is 0 Å². The number of amides is 2. The molecule has 0 aliphatic heterocycles. The maximum atomic E-state index is 13.2. The van der Waals surface area contributed by atoms with Gasteiger partial charge in [0.05, 0.1) is 17.5 Å². The van der Waals surface area contributed by atoms with Crippen LogP contribution in [0.5, 0.6) is 0 Å². The average Bonchev–Trinajstić information content (AvgIpc) is 3.22. The molecule has 2 amide bonds. The van der Waals surface area contributed by atoms with Crippen molar-refractivity contribution in [2.24, 2.45) is 24.8 Å². The van der Waals surface area contributed by atoms with Crippen molar-refractivity contribution in [2.75, 3.05) is 5.32 Å². The SMILES string of the molecule is Cc1c(C(=O)Nc2ccc(F)cn2)c(C)n(C)c1C(=O)C(=O)NC12C[C@@H]3CC1C[C@@H](C3)C2. The van der Waals surface area contributed by atoms with Gasteiger partial charge in [-0.25, -0.2) is 9.37 Å². The number of nitrogens with one attached hydrogen (secondary N) is 2. The van der Waals surface area contributed by atoms with Crippen LogP contribution in [0.2, 0.25) is 0 Å². The maximum Gasteiger partial charge on any atom is 0.294 e. The number of anilines is 1. The Morgan fingerprint density at radius 3 is 2.44 bits per heavy atom. The molecule has 4 aliphatic carbocycles. The molecule has 6 rings (SSSR count). The minimum atomic E-state index is -0.618. The van der Waals surface area contributed by atoms with Gasteiger partial charge in [0.2, 0.25) is 0 Å². The Labute approximate surface area is 185 Å². The fraction of sp³-hybridized carbons (Fsp3) is 0.500. The molecular weight excluding hydrogens is 411 g/mol. The number of aromatic nitrogens is 2. The Kier molecular flexibility index (Phi) is 4.72. The van der Waals surface area contributed by atoms with Gasteiger partial charge in [-0.05, 0) is 81.4 Å². The molecule has 4 aliphatic rings. The molecule has 2 aromatic heterocycles. The summed E-state index contributed by atoms with van der Waals surface area (Å²) >= 11 is 0. The zero-order valence-electron chi connectivity index (χ0n) is 18.5. The van der Waals surface area contributed by atoms with Crippen LogP contribution >= 0.6 is 0 Å². The summed E-state index contributed by atoms with van der Waals surface area (Å²) in [6, 6.07) is 2.57. The first-order chi connectivity index (χ1) is 15.2. The topological polar surface area (TPSA) is 93.1 Å². The fourth-order valence-electron chi connectivity index (χ4n) is 6.65. The number of carbonyl (C=O) groups is 3. The van der Waals surface area contributed by atoms with Crippen LogP contribution in [0.25, 0.3) is 0 Å². The molecule has 0 radical (unpaired) electrons. The third-order valence-electron chi connectivity index (χ3n) is 7.90. The molecule has 168 valence electrons. The third-order valence-corrected chi connectivity index (χ3v) is 7.90. The van der Waals surface area contributed by atoms with Gasteiger partial charge in [-0.2, -0.15) is 0 Å². The van der Waals surface area contributed by atoms with Crippen LogP contribution in [0.1, 0.15) is 64.2 Å². The van der Waals surface area contributed by atoms with Crippen molar-refractivity contribution in [3.8, 4) is 0 Å². The summed E-state index contributed by atoms with van der Waals surface area (Å²) in [5.41, 5.74) is 1.31. The maximum absolute atomic E-state index is 13.2. The molecule has 4 saturated carbocycles. The molecule has 0 aromatic carbocycles. The molecule has 32 heavy (non-hydrogen) atoms. The Hall–Kier alpha value is -3.03. The van der Waals surface area contributed by atoms with Gasteiger partial charge in [0.1, 0.15) is 11.6 Å². The number of nitrogens with zero attached hydrogens (tertiary/aromatic N) is 2. The number of halogens is 1. The van der Waals surface area contributed by atoms with Crippen LogP contribution in [-0.4, -0.2) is 32.7 Å². The normalized spacial score (nSPS) is 27.6. The van der Waals surface area contributed by atoms with Crippen LogP contribution in [-0.2, 0) is 11.8 Å². The molecule has 8 heteroatoms. The van der Waals surface area contributed by atoms with E-state index in [2.05, 4.69) is 15.6 Å². The van der Waals surface area contributed by atoms with Gasteiger partial charge >= 0.3 is 0 Å². The van der Waals surface area contributed by atoms with Crippen molar-refractivity contribution >= 4 is 23.4 Å². The van der Waals surface area contributed by atoms with Gasteiger partial charge in [0.25, 0.3) is 17.6 Å². The van der Waals surface area contributed by atoms with E-state index in [1.807, 2.05) is 0 Å². The quantitative estimate of drug-likeness (QED) is 0.553. The first-order valence-electron chi connectivity index (χ1n) is 11.1. The average molecular weight is 439 g/mol. The van der Waals surface area contributed by atoms with E-state index in [0.29, 0.717) is 34.6 Å². The number of carbonyl (C=O) groups excluding carboxylic acids is 3. The molecule has 4 bridgehead atoms. The summed E-state index contributed by atoms with van der Waals surface area (Å²) in [4.78, 5) is 43.0. The van der Waals surface area contributed by atoms with Gasteiger partial charge in [0, 0.05) is 18.3 Å². The number of hydrogen-bond donors (Lipinski definition) is 2. The molecule has 0 saturated heterocycles. The summed E-state index contributed by atoms with van der Waals surface area (Å²) < 4.78 is 14.7. The lowest BCUT2D eigenvalue weighted by molar-refractivity contribution is -0.119. The minimum absolute atomic E-state index is 0.204. The summed E-state index contributed by atoms with van der Waals surface area (Å²) in [6.45, 7) is 3.40. The van der Waals surface area contributed by atoms with Gasteiger partial charge in [-0.15, -0.1) is 0 Å². The second-order valence-electron chi connectivity index (χ2n) is 9.79. The lowest BCUT2D eigenvalue weighted by atomic mass is 9.80. The molecule has 4 atom stereocenters. The van der Waals surface area contributed by atoms with Gasteiger partial charge in [0.15, 0.2) is 0 Å². The molecular formula is C24H27FN4O3. The first kappa shape index (κ1) is 20.8. The van der Waals surface area contributed by atoms with E-state index >= 15 is 0 Å². The van der Waals surface area contributed by atoms with Crippen molar-refractivity contribution in [1.82, 2.24) is 14.9 Å². The van der Waals surface area contributed by atoms with E-state index in [0.717, 1.165) is 31.9 Å². The minimum Gasteiger partial charge on any atom is -0.344 e. The summed E-state index contributed by atoms with van der Waals surface area (Å²) in [5, 5.41) is 5.75. The van der Waals surface area contributed by atoms with Crippen LogP contribution < -0.4 is 10.6 Å². The second-order valence-corrected chi connectivity index (χ2v) is 9.79. The van der Waals surface area contributed by atoms with Crippen molar-refractivity contribution in [2.45, 2.75) is 51.5 Å². The Balaban J connectivity index is 1.38. The van der Waals surface area contributed by atoms with E-state index in [-0.39, 0.29) is 17.1 Å². The van der Waals surface area contributed by atoms with Gasteiger partial charge in [-0.3, -0.25) is 14.4 Å². The van der Waals surface area contributed by atoms with E-state index in [9.17, 15) is 18.8 Å². The molecule has 2 N–H and O–H groups in total. The molecule has 0 spiro atoms. The number of hydrogen-bond acceptors (Lipinski definition) is 4. The van der Waals surface area contributed by atoms with Crippen molar-refractivity contribution in [3.63, 3.8) is 0 Å². The summed E-state index contributed by atoms with van der Waals surface area (Å²) in [7, 11) is 1.68. The lowest BCUT2D eigenvalue weighted by Crippen LogP contribution is -2.51. The number of Topliss-reactive ketones (excluding diaryl/α,β-unsaturated/α-hetero) is 1. The van der Waals surface area contributed by atoms with Crippen LogP contribution in [0, 0.1) is 37.4 Å².